The molecule has 1 aliphatic heterocycles. The van der Waals surface area contributed by atoms with Crippen molar-refractivity contribution in [1.29, 1.82) is 0 Å². The highest BCUT2D eigenvalue weighted by Crippen LogP contribution is 2.27. The molecule has 0 spiro atoms. The Labute approximate surface area is 127 Å². The quantitative estimate of drug-likeness (QED) is 0.672. The number of rotatable bonds is 7. The molecule has 1 saturated carbocycles. The molecule has 0 bridgehead atoms. The molecule has 1 amide bonds. The molecule has 21 heavy (non-hydrogen) atoms. The third-order valence-corrected chi connectivity index (χ3v) is 4.46. The predicted octanol–water partition coefficient (Wildman–Crippen LogP) is 1.80. The van der Waals surface area contributed by atoms with Crippen LogP contribution in [0.3, 0.4) is 0 Å². The molecule has 5 nitrogen and oxygen atoms in total. The van der Waals surface area contributed by atoms with Crippen LogP contribution in [0.5, 0.6) is 0 Å². The van der Waals surface area contributed by atoms with Gasteiger partial charge in [0, 0.05) is 18.6 Å². The van der Waals surface area contributed by atoms with E-state index in [1.165, 1.54) is 6.42 Å². The maximum Gasteiger partial charge on any atom is 0.320 e. The van der Waals surface area contributed by atoms with Crippen LogP contribution in [0.1, 0.15) is 52.4 Å². The lowest BCUT2D eigenvalue weighted by Crippen LogP contribution is -2.49. The molecule has 0 aromatic carbocycles. The van der Waals surface area contributed by atoms with E-state index in [-0.39, 0.29) is 18.4 Å². The van der Waals surface area contributed by atoms with E-state index < -0.39 is 0 Å². The molecule has 2 fully saturated rings. The van der Waals surface area contributed by atoms with Crippen LogP contribution < -0.4 is 0 Å². The van der Waals surface area contributed by atoms with Gasteiger partial charge in [0.2, 0.25) is 5.91 Å². The van der Waals surface area contributed by atoms with Crippen molar-refractivity contribution in [2.24, 2.45) is 0 Å². The summed E-state index contributed by atoms with van der Waals surface area (Å²) in [5.41, 5.74) is 0. The van der Waals surface area contributed by atoms with Gasteiger partial charge in [0.1, 0.15) is 0 Å². The van der Waals surface area contributed by atoms with E-state index in [2.05, 4.69) is 6.92 Å². The first kappa shape index (κ1) is 16.3. The van der Waals surface area contributed by atoms with Gasteiger partial charge in [-0.1, -0.05) is 6.92 Å². The first-order chi connectivity index (χ1) is 10.2. The van der Waals surface area contributed by atoms with Crippen molar-refractivity contribution >= 4 is 11.9 Å². The summed E-state index contributed by atoms with van der Waals surface area (Å²) in [5.74, 6) is -0.0411. The number of carbonyl (C=O) groups excluding carboxylic acids is 2. The molecule has 0 radical (unpaired) electrons. The van der Waals surface area contributed by atoms with Crippen molar-refractivity contribution in [2.45, 2.75) is 64.5 Å². The fraction of sp³-hybridized carbons (Fsp3) is 0.875. The molecule has 120 valence electrons. The third-order valence-electron chi connectivity index (χ3n) is 4.46. The lowest BCUT2D eigenvalue weighted by Gasteiger charge is -2.36. The van der Waals surface area contributed by atoms with Gasteiger partial charge in [-0.3, -0.25) is 14.5 Å². The number of nitrogens with zero attached hydrogens (tertiary/aromatic N) is 2. The van der Waals surface area contributed by atoms with Crippen LogP contribution >= 0.6 is 0 Å². The number of carbonyl (C=O) groups is 2. The van der Waals surface area contributed by atoms with Crippen LogP contribution in [-0.4, -0.2) is 60.0 Å². The summed E-state index contributed by atoms with van der Waals surface area (Å²) in [7, 11) is 0. The highest BCUT2D eigenvalue weighted by Gasteiger charge is 2.34. The third kappa shape index (κ3) is 4.70. The molecule has 2 rings (SSSR count). The normalized spacial score (nSPS) is 22.4. The molecule has 1 unspecified atom stereocenters. The fourth-order valence-corrected chi connectivity index (χ4v) is 3.14. The van der Waals surface area contributed by atoms with Crippen LogP contribution in [0.4, 0.5) is 0 Å². The van der Waals surface area contributed by atoms with Gasteiger partial charge in [0.25, 0.3) is 0 Å². The Morgan fingerprint density at radius 1 is 1.14 bits per heavy atom. The van der Waals surface area contributed by atoms with Crippen molar-refractivity contribution in [2.75, 3.05) is 26.2 Å². The van der Waals surface area contributed by atoms with E-state index in [9.17, 15) is 9.59 Å². The first-order valence-electron chi connectivity index (χ1n) is 8.34. The number of likely N-dealkylation sites (tertiary alicyclic amines) is 1. The van der Waals surface area contributed by atoms with Gasteiger partial charge in [-0.15, -0.1) is 0 Å². The zero-order valence-electron chi connectivity index (χ0n) is 13.3. The van der Waals surface area contributed by atoms with Crippen LogP contribution in [0.2, 0.25) is 0 Å². The molecule has 1 atom stereocenters. The number of amides is 1. The molecule has 5 heteroatoms. The molecule has 2 aliphatic rings. The minimum atomic E-state index is -0.220. The topological polar surface area (TPSA) is 49.9 Å². The highest BCUT2D eigenvalue weighted by atomic mass is 16.5. The second-order valence-electron chi connectivity index (χ2n) is 6.09. The van der Waals surface area contributed by atoms with Crippen molar-refractivity contribution in [3.05, 3.63) is 0 Å². The molecule has 0 aromatic rings. The number of hydrogen-bond acceptors (Lipinski definition) is 4. The molecule has 0 N–H and O–H groups in total. The first-order valence-corrected chi connectivity index (χ1v) is 8.34. The van der Waals surface area contributed by atoms with Crippen LogP contribution in [0.15, 0.2) is 0 Å². The van der Waals surface area contributed by atoms with Gasteiger partial charge >= 0.3 is 5.97 Å². The average Bonchev–Trinajstić information content (AvgIpc) is 3.31. The Morgan fingerprint density at radius 2 is 1.90 bits per heavy atom. The minimum Gasteiger partial charge on any atom is -0.465 e. The standard InChI is InChI=1S/C16H28N2O3/c1-3-13-7-5-6-10-18(13)15(19)11-17(14-8-9-14)12-16(20)21-4-2/h13-14H,3-12H2,1-2H3. The molecule has 0 aromatic heterocycles. The van der Waals surface area contributed by atoms with E-state index in [1.54, 1.807) is 0 Å². The highest BCUT2D eigenvalue weighted by molar-refractivity contribution is 5.80. The molecule has 1 aliphatic carbocycles. The van der Waals surface area contributed by atoms with E-state index in [0.29, 0.717) is 25.2 Å². The van der Waals surface area contributed by atoms with Crippen molar-refractivity contribution in [3.8, 4) is 0 Å². The van der Waals surface area contributed by atoms with Gasteiger partial charge in [-0.05, 0) is 45.4 Å². The zero-order chi connectivity index (χ0) is 15.2. The zero-order valence-corrected chi connectivity index (χ0v) is 13.3. The average molecular weight is 296 g/mol. The van der Waals surface area contributed by atoms with Crippen LogP contribution in [-0.2, 0) is 14.3 Å². The van der Waals surface area contributed by atoms with Crippen LogP contribution in [0, 0.1) is 0 Å². The lowest BCUT2D eigenvalue weighted by molar-refractivity contribution is -0.145. The Balaban J connectivity index is 1.89. The molecule has 1 saturated heterocycles. The van der Waals surface area contributed by atoms with Crippen molar-refractivity contribution in [3.63, 3.8) is 0 Å². The SMILES string of the molecule is CCOC(=O)CN(CC(=O)N1CCCCC1CC)C1CC1. The summed E-state index contributed by atoms with van der Waals surface area (Å²) in [5, 5.41) is 0. The number of hydrogen-bond donors (Lipinski definition) is 0. The van der Waals surface area contributed by atoms with E-state index in [4.69, 9.17) is 4.74 Å². The smallest absolute Gasteiger partial charge is 0.320 e. The van der Waals surface area contributed by atoms with Gasteiger partial charge in [0.05, 0.1) is 19.7 Å². The lowest BCUT2D eigenvalue weighted by atomic mass is 10.00. The Morgan fingerprint density at radius 3 is 2.52 bits per heavy atom. The van der Waals surface area contributed by atoms with E-state index in [0.717, 1.165) is 38.6 Å². The second kappa shape index (κ2) is 7.78. The molecule has 1 heterocycles. The van der Waals surface area contributed by atoms with E-state index in [1.807, 2.05) is 16.7 Å². The maximum absolute atomic E-state index is 12.6. The maximum atomic E-state index is 12.6. The second-order valence-corrected chi connectivity index (χ2v) is 6.09. The molecular formula is C16H28N2O3. The Hall–Kier alpha value is -1.10. The largest absolute Gasteiger partial charge is 0.465 e. The summed E-state index contributed by atoms with van der Waals surface area (Å²) in [6.07, 6.45) is 6.63. The summed E-state index contributed by atoms with van der Waals surface area (Å²) >= 11 is 0. The fourth-order valence-electron chi connectivity index (χ4n) is 3.14. The summed E-state index contributed by atoms with van der Waals surface area (Å²) in [6, 6.07) is 0.776. The van der Waals surface area contributed by atoms with Gasteiger partial charge in [0.15, 0.2) is 0 Å². The number of ether oxygens (including phenoxy) is 1. The van der Waals surface area contributed by atoms with Crippen LogP contribution in [0.25, 0.3) is 0 Å². The molecular weight excluding hydrogens is 268 g/mol. The summed E-state index contributed by atoms with van der Waals surface area (Å²) in [4.78, 5) is 28.3. The van der Waals surface area contributed by atoms with Gasteiger partial charge < -0.3 is 9.64 Å². The summed E-state index contributed by atoms with van der Waals surface area (Å²) in [6.45, 7) is 5.83. The number of piperidine rings is 1. The van der Waals surface area contributed by atoms with E-state index >= 15 is 0 Å². The van der Waals surface area contributed by atoms with Crippen molar-refractivity contribution in [1.82, 2.24) is 9.80 Å². The Bertz CT molecular complexity index is 369. The monoisotopic (exact) mass is 296 g/mol. The van der Waals surface area contributed by atoms with Gasteiger partial charge in [-0.25, -0.2) is 0 Å². The minimum absolute atomic E-state index is 0.178. The number of esters is 1. The van der Waals surface area contributed by atoms with Crippen molar-refractivity contribution < 1.29 is 14.3 Å². The van der Waals surface area contributed by atoms with Gasteiger partial charge in [-0.2, -0.15) is 0 Å². The Kier molecular flexibility index (Phi) is 6.03. The predicted molar refractivity (Wildman–Crippen MR) is 80.9 cm³/mol. The summed E-state index contributed by atoms with van der Waals surface area (Å²) < 4.78 is 5.01.